The van der Waals surface area contributed by atoms with E-state index in [9.17, 15) is 14.0 Å². The van der Waals surface area contributed by atoms with E-state index < -0.39 is 17.1 Å². The number of hydrogen-bond acceptors (Lipinski definition) is 2. The molecular weight excluding hydrogens is 271 g/mol. The van der Waals surface area contributed by atoms with Gasteiger partial charge in [0.25, 0.3) is 5.56 Å². The molecule has 0 saturated carbocycles. The van der Waals surface area contributed by atoms with E-state index in [1.807, 2.05) is 0 Å². The summed E-state index contributed by atoms with van der Waals surface area (Å²) in [7, 11) is 0. The largest absolute Gasteiger partial charge is 0.334 e. The normalized spacial score (nSPS) is 11.0. The van der Waals surface area contributed by atoms with Crippen LogP contribution in [0.25, 0.3) is 5.69 Å². The van der Waals surface area contributed by atoms with Gasteiger partial charge < -0.3 is 0 Å². The maximum absolute atomic E-state index is 13.2. The Morgan fingerprint density at radius 2 is 2.00 bits per heavy atom. The van der Waals surface area contributed by atoms with Crippen molar-refractivity contribution in [2.75, 3.05) is 0 Å². The Morgan fingerprint density at radius 3 is 2.58 bits per heavy atom. The molecule has 2 aromatic rings. The number of hydrogen-bond donors (Lipinski definition) is 1. The molecule has 100 valence electrons. The van der Waals surface area contributed by atoms with Crippen LogP contribution in [0.2, 0.25) is 5.15 Å². The van der Waals surface area contributed by atoms with Gasteiger partial charge in [-0.3, -0.25) is 9.78 Å². The summed E-state index contributed by atoms with van der Waals surface area (Å²) >= 11 is 5.88. The van der Waals surface area contributed by atoms with Crippen LogP contribution in [0, 0.1) is 5.82 Å². The smallest absolute Gasteiger partial charge is 0.297 e. The quantitative estimate of drug-likeness (QED) is 0.860. The average molecular weight is 283 g/mol. The van der Waals surface area contributed by atoms with Gasteiger partial charge in [0.1, 0.15) is 11.0 Å². The SMILES string of the molecule is CC(C)c1c(Cl)[nH]c(=O)n(-c2cccc(F)c2)c1=O. The zero-order valence-electron chi connectivity index (χ0n) is 10.4. The third kappa shape index (κ3) is 2.46. The van der Waals surface area contributed by atoms with Gasteiger partial charge in [-0.25, -0.2) is 13.8 Å². The van der Waals surface area contributed by atoms with Crippen molar-refractivity contribution in [1.82, 2.24) is 9.55 Å². The topological polar surface area (TPSA) is 54.9 Å². The number of aromatic nitrogens is 2. The summed E-state index contributed by atoms with van der Waals surface area (Å²) in [5.41, 5.74) is -0.755. The Morgan fingerprint density at radius 1 is 1.32 bits per heavy atom. The maximum atomic E-state index is 13.2. The van der Waals surface area contributed by atoms with Crippen LogP contribution in [-0.4, -0.2) is 9.55 Å². The highest BCUT2D eigenvalue weighted by Crippen LogP contribution is 2.17. The average Bonchev–Trinajstić information content (AvgIpc) is 2.27. The van der Waals surface area contributed by atoms with Crippen LogP contribution in [0.15, 0.2) is 33.9 Å². The Hall–Kier alpha value is -1.88. The lowest BCUT2D eigenvalue weighted by molar-refractivity contribution is 0.625. The third-order valence-electron chi connectivity index (χ3n) is 2.73. The molecule has 2 rings (SSSR count). The first-order valence-electron chi connectivity index (χ1n) is 5.72. The molecule has 1 aromatic heterocycles. The van der Waals surface area contributed by atoms with Crippen molar-refractivity contribution in [2.45, 2.75) is 19.8 Å². The van der Waals surface area contributed by atoms with Crippen molar-refractivity contribution in [1.29, 1.82) is 0 Å². The first-order chi connectivity index (χ1) is 8.91. The van der Waals surface area contributed by atoms with Crippen LogP contribution in [0.4, 0.5) is 4.39 Å². The fraction of sp³-hybridized carbons (Fsp3) is 0.231. The first-order valence-corrected chi connectivity index (χ1v) is 6.10. The Labute approximate surface area is 113 Å². The predicted octanol–water partition coefficient (Wildman–Crippen LogP) is 2.44. The molecule has 0 aliphatic carbocycles. The second-order valence-corrected chi connectivity index (χ2v) is 4.81. The molecule has 1 aromatic carbocycles. The van der Waals surface area contributed by atoms with E-state index in [0.717, 1.165) is 10.6 Å². The molecule has 0 aliphatic heterocycles. The van der Waals surface area contributed by atoms with E-state index in [-0.39, 0.29) is 16.8 Å². The molecule has 0 unspecified atom stereocenters. The van der Waals surface area contributed by atoms with E-state index in [4.69, 9.17) is 11.6 Å². The highest BCUT2D eigenvalue weighted by Gasteiger charge is 2.16. The molecule has 6 heteroatoms. The zero-order valence-corrected chi connectivity index (χ0v) is 11.2. The fourth-order valence-electron chi connectivity index (χ4n) is 1.87. The molecule has 1 N–H and O–H groups in total. The number of H-pyrrole nitrogens is 1. The minimum atomic E-state index is -0.690. The fourth-order valence-corrected chi connectivity index (χ4v) is 2.25. The van der Waals surface area contributed by atoms with Crippen molar-refractivity contribution >= 4 is 11.6 Å². The summed E-state index contributed by atoms with van der Waals surface area (Å²) in [6.07, 6.45) is 0. The van der Waals surface area contributed by atoms with Gasteiger partial charge in [0.2, 0.25) is 0 Å². The van der Waals surface area contributed by atoms with Crippen molar-refractivity contribution in [3.63, 3.8) is 0 Å². The van der Waals surface area contributed by atoms with Crippen LogP contribution >= 0.6 is 11.6 Å². The van der Waals surface area contributed by atoms with Gasteiger partial charge in [0.15, 0.2) is 0 Å². The van der Waals surface area contributed by atoms with Crippen molar-refractivity contribution in [2.24, 2.45) is 0 Å². The molecular formula is C13H12ClFN2O2. The van der Waals surface area contributed by atoms with E-state index in [0.29, 0.717) is 5.56 Å². The number of aromatic amines is 1. The summed E-state index contributed by atoms with van der Waals surface area (Å²) in [5, 5.41) is 0.0256. The van der Waals surface area contributed by atoms with Crippen molar-refractivity contribution in [3.8, 4) is 5.69 Å². The molecule has 0 radical (unpaired) electrons. The number of nitrogens with zero attached hydrogens (tertiary/aromatic N) is 1. The minimum Gasteiger partial charge on any atom is -0.297 e. The van der Waals surface area contributed by atoms with Crippen LogP contribution in [-0.2, 0) is 0 Å². The molecule has 0 atom stereocenters. The molecule has 4 nitrogen and oxygen atoms in total. The van der Waals surface area contributed by atoms with Crippen molar-refractivity contribution in [3.05, 3.63) is 61.6 Å². The lowest BCUT2D eigenvalue weighted by Crippen LogP contribution is -2.36. The van der Waals surface area contributed by atoms with Crippen LogP contribution < -0.4 is 11.2 Å². The van der Waals surface area contributed by atoms with Gasteiger partial charge in [-0.1, -0.05) is 31.5 Å². The molecule has 0 fully saturated rings. The summed E-state index contributed by atoms with van der Waals surface area (Å²) in [6.45, 7) is 3.58. The van der Waals surface area contributed by atoms with Gasteiger partial charge in [-0.2, -0.15) is 0 Å². The standard InChI is InChI=1S/C13H12ClFN2O2/c1-7(2)10-11(14)16-13(19)17(12(10)18)9-5-3-4-8(15)6-9/h3-7H,1-2H3,(H,16,19). The van der Waals surface area contributed by atoms with Crippen LogP contribution in [0.3, 0.4) is 0 Å². The van der Waals surface area contributed by atoms with E-state index in [1.54, 1.807) is 13.8 Å². The molecule has 0 bridgehead atoms. The lowest BCUT2D eigenvalue weighted by Gasteiger charge is -2.11. The second kappa shape index (κ2) is 5.01. The molecule has 0 aliphatic rings. The van der Waals surface area contributed by atoms with Gasteiger partial charge in [-0.15, -0.1) is 0 Å². The van der Waals surface area contributed by atoms with E-state index in [1.165, 1.54) is 18.2 Å². The molecule has 0 amide bonds. The monoisotopic (exact) mass is 282 g/mol. The van der Waals surface area contributed by atoms with Gasteiger partial charge in [0.05, 0.1) is 11.3 Å². The third-order valence-corrected chi connectivity index (χ3v) is 3.03. The second-order valence-electron chi connectivity index (χ2n) is 4.43. The Kier molecular flexibility index (Phi) is 3.57. The zero-order chi connectivity index (χ0) is 14.2. The van der Waals surface area contributed by atoms with E-state index >= 15 is 0 Å². The minimum absolute atomic E-state index is 0.0256. The van der Waals surface area contributed by atoms with Gasteiger partial charge >= 0.3 is 5.69 Å². The number of rotatable bonds is 2. The van der Waals surface area contributed by atoms with Crippen LogP contribution in [0.5, 0.6) is 0 Å². The maximum Gasteiger partial charge on any atom is 0.334 e. The first kappa shape index (κ1) is 13.5. The summed E-state index contributed by atoms with van der Waals surface area (Å²) < 4.78 is 14.1. The highest BCUT2D eigenvalue weighted by atomic mass is 35.5. The van der Waals surface area contributed by atoms with E-state index in [2.05, 4.69) is 4.98 Å². The molecule has 0 spiro atoms. The van der Waals surface area contributed by atoms with Gasteiger partial charge in [0, 0.05) is 0 Å². The highest BCUT2D eigenvalue weighted by molar-refractivity contribution is 6.30. The Bertz CT molecular complexity index is 734. The summed E-state index contributed by atoms with van der Waals surface area (Å²) in [6, 6.07) is 5.27. The van der Waals surface area contributed by atoms with Crippen LogP contribution in [0.1, 0.15) is 25.3 Å². The molecule has 1 heterocycles. The number of benzene rings is 1. The number of nitrogens with one attached hydrogen (secondary N) is 1. The molecule has 19 heavy (non-hydrogen) atoms. The van der Waals surface area contributed by atoms with Crippen molar-refractivity contribution < 1.29 is 4.39 Å². The Balaban J connectivity index is 2.82. The summed E-state index contributed by atoms with van der Waals surface area (Å²) in [5.74, 6) is -0.679. The molecule has 0 saturated heterocycles. The predicted molar refractivity (Wildman–Crippen MR) is 71.7 cm³/mol. The lowest BCUT2D eigenvalue weighted by atomic mass is 10.1. The summed E-state index contributed by atoms with van der Waals surface area (Å²) in [4.78, 5) is 26.5. The van der Waals surface area contributed by atoms with Gasteiger partial charge in [-0.05, 0) is 24.1 Å². The number of halogens is 2.